The molecule has 18 heavy (non-hydrogen) atoms. The minimum absolute atomic E-state index is 0.00286. The summed E-state index contributed by atoms with van der Waals surface area (Å²) >= 11 is 5.49. The largest absolute Gasteiger partial charge is 0.265 e. The Bertz CT molecular complexity index is 616. The molecule has 0 aliphatic heterocycles. The molecule has 0 aliphatic rings. The van der Waals surface area contributed by atoms with Crippen molar-refractivity contribution in [3.8, 4) is 0 Å². The number of nitrogens with zero attached hydrogens (tertiary/aromatic N) is 3. The highest BCUT2D eigenvalue weighted by molar-refractivity contribution is 7.89. The van der Waals surface area contributed by atoms with Crippen LogP contribution in [-0.2, 0) is 16.6 Å². The molecule has 0 aromatic carbocycles. The van der Waals surface area contributed by atoms with Gasteiger partial charge in [0, 0.05) is 18.9 Å². The van der Waals surface area contributed by atoms with E-state index in [0.717, 1.165) is 18.0 Å². The molecule has 0 atom stereocenters. The van der Waals surface area contributed by atoms with E-state index in [9.17, 15) is 8.42 Å². The number of hydrogen-bond acceptors (Lipinski definition) is 5. The molecule has 0 radical (unpaired) electrons. The minimum Gasteiger partial charge on any atom is -0.265 e. The number of rotatable bonds is 4. The normalized spacial score (nSPS) is 11.4. The first kappa shape index (κ1) is 12.9. The summed E-state index contributed by atoms with van der Waals surface area (Å²) in [6.07, 6.45) is 5.50. The molecule has 0 unspecified atom stereocenters. The quantitative estimate of drug-likeness (QED) is 0.847. The standard InChI is InChI=1S/C10H9ClN4O2S/c11-10-13-6-9(7-14-10)18(16,17)15-5-8-1-3-12-4-2-8/h1-4,6-7,15H,5H2. The number of nitrogens with one attached hydrogen (secondary N) is 1. The second kappa shape index (κ2) is 5.38. The number of halogens is 1. The van der Waals surface area contributed by atoms with Gasteiger partial charge in [-0.2, -0.15) is 0 Å². The lowest BCUT2D eigenvalue weighted by molar-refractivity contribution is 0.580. The summed E-state index contributed by atoms with van der Waals surface area (Å²) in [7, 11) is -3.63. The van der Waals surface area contributed by atoms with Crippen LogP contribution in [0.3, 0.4) is 0 Å². The SMILES string of the molecule is O=S(=O)(NCc1ccncc1)c1cnc(Cl)nc1. The third-order valence-electron chi connectivity index (χ3n) is 2.12. The highest BCUT2D eigenvalue weighted by atomic mass is 35.5. The average molecular weight is 285 g/mol. The van der Waals surface area contributed by atoms with Crippen LogP contribution in [0, 0.1) is 0 Å². The van der Waals surface area contributed by atoms with Gasteiger partial charge in [0.2, 0.25) is 15.3 Å². The predicted molar refractivity (Wildman–Crippen MR) is 65.3 cm³/mol. The van der Waals surface area contributed by atoms with Gasteiger partial charge in [-0.3, -0.25) is 4.98 Å². The number of sulfonamides is 1. The maximum atomic E-state index is 11.9. The van der Waals surface area contributed by atoms with Crippen molar-refractivity contribution in [1.82, 2.24) is 19.7 Å². The minimum atomic E-state index is -3.63. The van der Waals surface area contributed by atoms with Crippen molar-refractivity contribution >= 4 is 21.6 Å². The lowest BCUT2D eigenvalue weighted by Crippen LogP contribution is -2.23. The van der Waals surface area contributed by atoms with Gasteiger partial charge in [0.15, 0.2) is 0 Å². The zero-order valence-corrected chi connectivity index (χ0v) is 10.7. The Morgan fingerprint density at radius 3 is 2.39 bits per heavy atom. The topological polar surface area (TPSA) is 84.8 Å². The van der Waals surface area contributed by atoms with E-state index in [1.54, 1.807) is 24.5 Å². The second-order valence-electron chi connectivity index (χ2n) is 3.37. The Morgan fingerprint density at radius 2 is 1.78 bits per heavy atom. The molecular formula is C10H9ClN4O2S. The molecule has 94 valence electrons. The van der Waals surface area contributed by atoms with Crippen LogP contribution < -0.4 is 4.72 Å². The van der Waals surface area contributed by atoms with E-state index in [1.807, 2.05) is 0 Å². The molecule has 0 bridgehead atoms. The molecule has 6 nitrogen and oxygen atoms in total. The molecule has 2 heterocycles. The summed E-state index contributed by atoms with van der Waals surface area (Å²) in [6, 6.07) is 3.45. The highest BCUT2D eigenvalue weighted by Crippen LogP contribution is 2.08. The van der Waals surface area contributed by atoms with Crippen molar-refractivity contribution in [3.05, 3.63) is 47.8 Å². The van der Waals surface area contributed by atoms with Crippen LogP contribution in [-0.4, -0.2) is 23.4 Å². The molecule has 0 fully saturated rings. The molecule has 0 aliphatic carbocycles. The Morgan fingerprint density at radius 1 is 1.17 bits per heavy atom. The molecule has 1 N–H and O–H groups in total. The lowest BCUT2D eigenvalue weighted by Gasteiger charge is -2.05. The molecule has 0 saturated heterocycles. The van der Waals surface area contributed by atoms with Gasteiger partial charge in [0.05, 0.1) is 12.4 Å². The number of aromatic nitrogens is 3. The molecule has 2 rings (SSSR count). The van der Waals surface area contributed by atoms with Gasteiger partial charge >= 0.3 is 0 Å². The van der Waals surface area contributed by atoms with Crippen LogP contribution in [0.25, 0.3) is 0 Å². The lowest BCUT2D eigenvalue weighted by atomic mass is 10.3. The van der Waals surface area contributed by atoms with Gasteiger partial charge < -0.3 is 0 Å². The summed E-state index contributed by atoms with van der Waals surface area (Å²) in [4.78, 5) is 11.1. The van der Waals surface area contributed by atoms with E-state index >= 15 is 0 Å². The molecule has 2 aromatic rings. The van der Waals surface area contributed by atoms with E-state index in [4.69, 9.17) is 11.6 Å². The van der Waals surface area contributed by atoms with Crippen molar-refractivity contribution in [3.63, 3.8) is 0 Å². The van der Waals surface area contributed by atoms with Crippen molar-refractivity contribution in [1.29, 1.82) is 0 Å². The van der Waals surface area contributed by atoms with Crippen LogP contribution >= 0.6 is 11.6 Å². The van der Waals surface area contributed by atoms with Crippen molar-refractivity contribution in [2.45, 2.75) is 11.4 Å². The zero-order valence-electron chi connectivity index (χ0n) is 9.12. The third-order valence-corrected chi connectivity index (χ3v) is 3.67. The van der Waals surface area contributed by atoms with Crippen LogP contribution in [0.4, 0.5) is 0 Å². The first-order valence-corrected chi connectivity index (χ1v) is 6.80. The fourth-order valence-electron chi connectivity index (χ4n) is 1.20. The van der Waals surface area contributed by atoms with E-state index in [-0.39, 0.29) is 16.7 Å². The van der Waals surface area contributed by atoms with E-state index in [0.29, 0.717) is 0 Å². The fraction of sp³-hybridized carbons (Fsp3) is 0.100. The smallest absolute Gasteiger partial charge is 0.243 e. The van der Waals surface area contributed by atoms with Crippen LogP contribution in [0.5, 0.6) is 0 Å². The summed E-state index contributed by atoms with van der Waals surface area (Å²) < 4.78 is 26.2. The van der Waals surface area contributed by atoms with Gasteiger partial charge in [-0.1, -0.05) is 0 Å². The zero-order chi connectivity index (χ0) is 13.0. The van der Waals surface area contributed by atoms with Gasteiger partial charge in [0.1, 0.15) is 4.90 Å². The molecule has 0 saturated carbocycles. The average Bonchev–Trinajstić information content (AvgIpc) is 2.38. The van der Waals surface area contributed by atoms with Crippen LogP contribution in [0.15, 0.2) is 41.8 Å². The predicted octanol–water partition coefficient (Wildman–Crippen LogP) is 1.00. The van der Waals surface area contributed by atoms with Gasteiger partial charge in [-0.25, -0.2) is 23.1 Å². The van der Waals surface area contributed by atoms with Crippen molar-refractivity contribution < 1.29 is 8.42 Å². The van der Waals surface area contributed by atoms with Crippen molar-refractivity contribution in [2.75, 3.05) is 0 Å². The Labute approximate surface area is 109 Å². The molecule has 0 spiro atoms. The Balaban J connectivity index is 2.11. The first-order chi connectivity index (χ1) is 8.58. The maximum absolute atomic E-state index is 11.9. The Kier molecular flexibility index (Phi) is 3.85. The first-order valence-electron chi connectivity index (χ1n) is 4.94. The number of pyridine rings is 1. The summed E-state index contributed by atoms with van der Waals surface area (Å²) in [6.45, 7) is 0.174. The summed E-state index contributed by atoms with van der Waals surface area (Å²) in [5.74, 6) is 0. The summed E-state index contributed by atoms with van der Waals surface area (Å²) in [5.41, 5.74) is 0.809. The van der Waals surface area contributed by atoms with E-state index < -0.39 is 10.0 Å². The molecule has 2 aromatic heterocycles. The van der Waals surface area contributed by atoms with Gasteiger partial charge in [-0.15, -0.1) is 0 Å². The van der Waals surface area contributed by atoms with Gasteiger partial charge in [-0.05, 0) is 29.3 Å². The molecule has 0 amide bonds. The second-order valence-corrected chi connectivity index (χ2v) is 5.47. The monoisotopic (exact) mass is 284 g/mol. The third kappa shape index (κ3) is 3.22. The summed E-state index contributed by atoms with van der Waals surface area (Å²) in [5, 5.41) is 0.00286. The maximum Gasteiger partial charge on any atom is 0.243 e. The van der Waals surface area contributed by atoms with E-state index in [2.05, 4.69) is 19.7 Å². The number of hydrogen-bond donors (Lipinski definition) is 1. The van der Waals surface area contributed by atoms with Gasteiger partial charge in [0.25, 0.3) is 0 Å². The van der Waals surface area contributed by atoms with Crippen molar-refractivity contribution in [2.24, 2.45) is 0 Å². The van der Waals surface area contributed by atoms with E-state index in [1.165, 1.54) is 0 Å². The highest BCUT2D eigenvalue weighted by Gasteiger charge is 2.14. The Hall–Kier alpha value is -1.57. The van der Waals surface area contributed by atoms with Crippen LogP contribution in [0.2, 0.25) is 5.28 Å². The van der Waals surface area contributed by atoms with Crippen LogP contribution in [0.1, 0.15) is 5.56 Å². The molecular weight excluding hydrogens is 276 g/mol. The fourth-order valence-corrected chi connectivity index (χ4v) is 2.21. The molecule has 8 heteroatoms.